The molecule has 5 atom stereocenters. The minimum Gasteiger partial charge on any atom is -0.464 e. The molecule has 2 amide bonds. The van der Waals surface area contributed by atoms with Crippen LogP contribution in [0, 0.1) is 11.3 Å². The van der Waals surface area contributed by atoms with Gasteiger partial charge in [0.05, 0.1) is 34.8 Å². The summed E-state index contributed by atoms with van der Waals surface area (Å²) in [6.07, 6.45) is 7.77. The molecule has 2 fully saturated rings. The summed E-state index contributed by atoms with van der Waals surface area (Å²) in [5.41, 5.74) is 10.6. The zero-order valence-corrected chi connectivity index (χ0v) is 40.9. The van der Waals surface area contributed by atoms with Crippen molar-refractivity contribution < 1.29 is 23.9 Å². The lowest BCUT2D eigenvalue weighted by Gasteiger charge is -2.35. The van der Waals surface area contributed by atoms with E-state index in [4.69, 9.17) is 19.4 Å². The minimum absolute atomic E-state index is 0. The number of carbonyl (C=O) groups is 3. The maximum Gasteiger partial charge on any atom is 0.324 e. The van der Waals surface area contributed by atoms with Crippen LogP contribution in [0.15, 0.2) is 66.4 Å². The van der Waals surface area contributed by atoms with Gasteiger partial charge in [0.1, 0.15) is 12.1 Å². The van der Waals surface area contributed by atoms with Gasteiger partial charge in [-0.3, -0.25) is 29.4 Å². The fraction of sp³-hybridized carbons (Fsp3) is 0.442. The van der Waals surface area contributed by atoms with Crippen LogP contribution in [-0.4, -0.2) is 74.7 Å². The van der Waals surface area contributed by atoms with Crippen molar-refractivity contribution in [2.45, 2.75) is 90.4 Å². The first-order valence-electron chi connectivity index (χ1n) is 19.6. The van der Waals surface area contributed by atoms with Crippen molar-refractivity contribution in [3.63, 3.8) is 0 Å². The van der Waals surface area contributed by atoms with Crippen molar-refractivity contribution >= 4 is 108 Å². The summed E-state index contributed by atoms with van der Waals surface area (Å²) >= 11 is 1.47. The fourth-order valence-corrected chi connectivity index (χ4v) is 9.14. The van der Waals surface area contributed by atoms with Gasteiger partial charge in [-0.2, -0.15) is 67.5 Å². The molecule has 1 aromatic carbocycles. The monoisotopic (exact) mass is 945 g/mol. The maximum atomic E-state index is 14.3. The SMILES string of the molecule is CCn1c(-c2cccnc2[C@H](C)OC)c2c3cc(ccc31)-c1csc(n1)C[C@H](NC(=O)[C@H]1C[C@@H]1c1cccnc1)C(=O)N1CCC[C@H](N1)C(=O)OCC(C)(C)C2.S.S.S.S.S. The Labute approximate surface area is 397 Å². The standard InChI is InChI=1S/C43H49N7O5S.5H2S/c1-6-49-36-14-13-26-18-30(36)32(39(49)28-11-8-16-45-38(28)25(2)54-5)21-43(3,4)24-55-42(53)33-12-9-17-50(48-33)41(52)34(20-37-46-35(26)23-56-37)47-40(51)31-19-29(31)27-10-7-15-44-22-27;;;;;/h7-8,10-11,13-16,18,22-23,25,29,31,33-34,48H,6,9,12,17,19-21,24H2,1-5H3,(H,47,51);5*1H2/t25-,29+,31-,33-,34-;;;;;/m0...../s1. The number of rotatable bonds is 7. The van der Waals surface area contributed by atoms with Gasteiger partial charge in [-0.05, 0) is 86.9 Å². The Hall–Kier alpha value is -3.23. The molecule has 0 spiro atoms. The molecule has 61 heavy (non-hydrogen) atoms. The van der Waals surface area contributed by atoms with Crippen LogP contribution < -0.4 is 10.7 Å². The highest BCUT2D eigenvalue weighted by Gasteiger charge is 2.45. The van der Waals surface area contributed by atoms with E-state index in [9.17, 15) is 14.4 Å². The van der Waals surface area contributed by atoms with Gasteiger partial charge in [0.25, 0.3) is 5.91 Å². The molecule has 0 radical (unpaired) electrons. The van der Waals surface area contributed by atoms with E-state index >= 15 is 0 Å². The number of hydrazine groups is 1. The molecule has 4 aromatic heterocycles. The Balaban J connectivity index is 0.00000198. The number of nitrogens with zero attached hydrogens (tertiary/aromatic N) is 5. The number of thiazole rings is 1. The highest BCUT2D eigenvalue weighted by molar-refractivity contribution is 7.60. The fourth-order valence-electron chi connectivity index (χ4n) is 8.29. The van der Waals surface area contributed by atoms with E-state index in [1.165, 1.54) is 16.3 Å². The number of cyclic esters (lactones) is 1. The molecule has 332 valence electrons. The van der Waals surface area contributed by atoms with Crippen LogP contribution in [-0.2, 0) is 43.2 Å². The van der Waals surface area contributed by atoms with E-state index in [0.717, 1.165) is 61.8 Å². The second-order valence-electron chi connectivity index (χ2n) is 16.0. The third-order valence-electron chi connectivity index (χ3n) is 11.4. The largest absolute Gasteiger partial charge is 0.464 e. The van der Waals surface area contributed by atoms with Gasteiger partial charge in [0.15, 0.2) is 0 Å². The van der Waals surface area contributed by atoms with Crippen molar-refractivity contribution in [2.24, 2.45) is 11.3 Å². The van der Waals surface area contributed by atoms with Gasteiger partial charge >= 0.3 is 5.97 Å². The molecule has 2 N–H and O–H groups in total. The normalized spacial score (nSPS) is 21.1. The van der Waals surface area contributed by atoms with E-state index in [-0.39, 0.29) is 110 Å². The lowest BCUT2D eigenvalue weighted by molar-refractivity contribution is -0.155. The molecule has 3 aliphatic rings. The number of aromatic nitrogens is 4. The number of amides is 2. The number of pyridine rings is 2. The summed E-state index contributed by atoms with van der Waals surface area (Å²) in [5.74, 6) is -1.05. The van der Waals surface area contributed by atoms with Crippen molar-refractivity contribution in [1.29, 1.82) is 0 Å². The first-order valence-corrected chi connectivity index (χ1v) is 20.5. The Morgan fingerprint density at radius 2 is 1.87 bits per heavy atom. The third kappa shape index (κ3) is 10.9. The van der Waals surface area contributed by atoms with E-state index < -0.39 is 23.5 Å². The van der Waals surface area contributed by atoms with Crippen LogP contribution in [0.25, 0.3) is 33.4 Å². The summed E-state index contributed by atoms with van der Waals surface area (Å²) in [6, 6.07) is 12.8. The van der Waals surface area contributed by atoms with Crippen LogP contribution >= 0.6 is 78.8 Å². The third-order valence-corrected chi connectivity index (χ3v) is 12.3. The first kappa shape index (κ1) is 52.1. The number of nitrogens with one attached hydrogen (secondary N) is 2. The van der Waals surface area contributed by atoms with Crippen molar-refractivity contribution in [3.8, 4) is 22.5 Å². The van der Waals surface area contributed by atoms with Crippen LogP contribution in [0.3, 0.4) is 0 Å². The molecule has 1 saturated carbocycles. The number of methoxy groups -OCH3 is 1. The molecule has 8 rings (SSSR count). The number of fused-ring (bicyclic) bond motifs is 6. The van der Waals surface area contributed by atoms with Crippen LogP contribution in [0.5, 0.6) is 0 Å². The van der Waals surface area contributed by atoms with Crippen LogP contribution in [0.2, 0.25) is 0 Å². The molecular weight excluding hydrogens is 887 g/mol. The molecular formula is C43H59N7O5S6. The van der Waals surface area contributed by atoms with Crippen molar-refractivity contribution in [2.75, 3.05) is 20.3 Å². The lowest BCUT2D eigenvalue weighted by Crippen LogP contribution is -2.60. The minimum atomic E-state index is -0.880. The zero-order valence-electron chi connectivity index (χ0n) is 35.1. The summed E-state index contributed by atoms with van der Waals surface area (Å²) in [6.45, 7) is 9.71. The zero-order chi connectivity index (χ0) is 39.1. The van der Waals surface area contributed by atoms with Gasteiger partial charge in [0.2, 0.25) is 5.91 Å². The van der Waals surface area contributed by atoms with Crippen molar-refractivity contribution in [3.05, 3.63) is 88.3 Å². The molecule has 0 unspecified atom stereocenters. The van der Waals surface area contributed by atoms with Gasteiger partial charge in [-0.15, -0.1) is 11.3 Å². The number of ether oxygens (including phenoxy) is 2. The van der Waals surface area contributed by atoms with Crippen LogP contribution in [0.4, 0.5) is 0 Å². The van der Waals surface area contributed by atoms with E-state index in [1.54, 1.807) is 25.7 Å². The Morgan fingerprint density at radius 3 is 2.59 bits per heavy atom. The Morgan fingerprint density at radius 1 is 1.10 bits per heavy atom. The van der Waals surface area contributed by atoms with Crippen molar-refractivity contribution in [1.82, 2.24) is 35.3 Å². The highest BCUT2D eigenvalue weighted by Crippen LogP contribution is 2.47. The van der Waals surface area contributed by atoms with Gasteiger partial charge in [-0.25, -0.2) is 10.4 Å². The number of benzene rings is 1. The van der Waals surface area contributed by atoms with E-state index in [0.29, 0.717) is 32.2 Å². The summed E-state index contributed by atoms with van der Waals surface area (Å²) < 4.78 is 14.2. The summed E-state index contributed by atoms with van der Waals surface area (Å²) in [4.78, 5) is 55.7. The topological polar surface area (TPSA) is 141 Å². The predicted octanol–water partition coefficient (Wildman–Crippen LogP) is 6.97. The molecule has 6 bridgehead atoms. The second kappa shape index (κ2) is 21.9. The Bertz CT molecular complexity index is 2290. The average Bonchev–Trinajstić information content (AvgIpc) is 3.80. The number of carbonyl (C=O) groups excluding carboxylic acids is 3. The maximum absolute atomic E-state index is 14.3. The molecule has 12 nitrogen and oxygen atoms in total. The molecule has 18 heteroatoms. The summed E-state index contributed by atoms with van der Waals surface area (Å²) in [5, 5.41) is 8.42. The quantitative estimate of drug-likeness (QED) is 0.166. The predicted molar refractivity (Wildman–Crippen MR) is 266 cm³/mol. The second-order valence-corrected chi connectivity index (χ2v) is 16.9. The highest BCUT2D eigenvalue weighted by atomic mass is 32.1. The molecule has 1 aliphatic carbocycles. The first-order chi connectivity index (χ1) is 27.0. The Kier molecular flexibility index (Phi) is 18.7. The van der Waals surface area contributed by atoms with Gasteiger partial charge < -0.3 is 19.4 Å². The van der Waals surface area contributed by atoms with E-state index in [2.05, 4.69) is 65.3 Å². The summed E-state index contributed by atoms with van der Waals surface area (Å²) in [7, 11) is 1.70. The molecule has 1 saturated heterocycles. The number of aryl methyl sites for hydroxylation is 1. The van der Waals surface area contributed by atoms with Crippen LogP contribution in [0.1, 0.15) is 80.8 Å². The smallest absolute Gasteiger partial charge is 0.324 e. The number of hydrogen-bond acceptors (Lipinski definition) is 10. The molecule has 2 aliphatic heterocycles. The van der Waals surface area contributed by atoms with Gasteiger partial charge in [0, 0.05) is 84.0 Å². The molecule has 5 aromatic rings. The number of esters is 1. The number of hydrogen-bond donors (Lipinski definition) is 2. The van der Waals surface area contributed by atoms with E-state index in [1.807, 2.05) is 30.5 Å². The average molecular weight is 946 g/mol. The van der Waals surface area contributed by atoms with Gasteiger partial charge in [-0.1, -0.05) is 26.0 Å². The molecule has 6 heterocycles. The lowest BCUT2D eigenvalue weighted by atomic mass is 9.84.